The molecule has 0 fully saturated rings. The van der Waals surface area contributed by atoms with E-state index in [9.17, 15) is 10.1 Å². The Labute approximate surface area is 74.6 Å². The molecule has 0 spiro atoms. The second-order valence-electron chi connectivity index (χ2n) is 2.72. The molecule has 0 saturated heterocycles. The van der Waals surface area contributed by atoms with Gasteiger partial charge >= 0.3 is 0 Å². The van der Waals surface area contributed by atoms with Crippen LogP contribution >= 0.6 is 0 Å². The van der Waals surface area contributed by atoms with Crippen molar-refractivity contribution >= 4 is 11.8 Å². The van der Waals surface area contributed by atoms with Gasteiger partial charge in [-0.2, -0.15) is 0 Å². The van der Waals surface area contributed by atoms with Crippen molar-refractivity contribution in [3.63, 3.8) is 0 Å². The molecule has 1 aromatic carbocycles. The SMILES string of the molecule is O=[N+]([O-])c1cccc2c1C=COC2. The van der Waals surface area contributed by atoms with E-state index in [1.54, 1.807) is 12.1 Å². The minimum Gasteiger partial charge on any atom is -0.496 e. The van der Waals surface area contributed by atoms with Gasteiger partial charge in [0.1, 0.15) is 6.61 Å². The first-order chi connectivity index (χ1) is 6.29. The van der Waals surface area contributed by atoms with E-state index in [0.29, 0.717) is 12.2 Å². The molecule has 0 aromatic heterocycles. The lowest BCUT2D eigenvalue weighted by Crippen LogP contribution is -2.00. The van der Waals surface area contributed by atoms with Crippen molar-refractivity contribution in [2.24, 2.45) is 0 Å². The molecule has 4 nitrogen and oxygen atoms in total. The van der Waals surface area contributed by atoms with Crippen molar-refractivity contribution in [2.75, 3.05) is 0 Å². The Balaban J connectivity index is 2.60. The van der Waals surface area contributed by atoms with Gasteiger partial charge in [-0.15, -0.1) is 0 Å². The number of rotatable bonds is 1. The summed E-state index contributed by atoms with van der Waals surface area (Å²) in [6.07, 6.45) is 3.10. The quantitative estimate of drug-likeness (QED) is 0.487. The summed E-state index contributed by atoms with van der Waals surface area (Å²) in [4.78, 5) is 10.2. The lowest BCUT2D eigenvalue weighted by molar-refractivity contribution is -0.385. The van der Waals surface area contributed by atoms with Gasteiger partial charge < -0.3 is 4.74 Å². The van der Waals surface area contributed by atoms with Gasteiger partial charge in [0.15, 0.2) is 0 Å². The number of ether oxygens (including phenoxy) is 1. The number of hydrogen-bond donors (Lipinski definition) is 0. The monoisotopic (exact) mass is 177 g/mol. The molecular weight excluding hydrogens is 170 g/mol. The molecule has 1 aliphatic rings. The van der Waals surface area contributed by atoms with Gasteiger partial charge in [-0.05, 0) is 6.08 Å². The maximum absolute atomic E-state index is 10.6. The van der Waals surface area contributed by atoms with Crippen LogP contribution in [0.3, 0.4) is 0 Å². The van der Waals surface area contributed by atoms with Gasteiger partial charge in [0.25, 0.3) is 5.69 Å². The number of benzene rings is 1. The first kappa shape index (κ1) is 7.79. The Bertz CT molecular complexity index is 384. The smallest absolute Gasteiger partial charge is 0.277 e. The topological polar surface area (TPSA) is 52.4 Å². The van der Waals surface area contributed by atoms with Gasteiger partial charge in [0.2, 0.25) is 0 Å². The molecule has 4 heteroatoms. The van der Waals surface area contributed by atoms with E-state index in [4.69, 9.17) is 4.74 Å². The molecular formula is C9H7NO3. The van der Waals surface area contributed by atoms with E-state index in [1.165, 1.54) is 12.3 Å². The highest BCUT2D eigenvalue weighted by Gasteiger charge is 2.16. The van der Waals surface area contributed by atoms with Crippen LogP contribution < -0.4 is 0 Å². The molecule has 1 heterocycles. The summed E-state index contributed by atoms with van der Waals surface area (Å²) in [5.41, 5.74) is 1.65. The number of nitrogens with zero attached hydrogens (tertiary/aromatic N) is 1. The van der Waals surface area contributed by atoms with E-state index in [2.05, 4.69) is 0 Å². The first-order valence-corrected chi connectivity index (χ1v) is 3.83. The normalized spacial score (nSPS) is 13.2. The summed E-state index contributed by atoms with van der Waals surface area (Å²) in [6, 6.07) is 4.99. The molecule has 0 atom stereocenters. The minimum atomic E-state index is -0.380. The second-order valence-corrected chi connectivity index (χ2v) is 2.72. The Morgan fingerprint density at radius 2 is 2.31 bits per heavy atom. The lowest BCUT2D eigenvalue weighted by Gasteiger charge is -2.10. The van der Waals surface area contributed by atoms with Crippen molar-refractivity contribution in [1.29, 1.82) is 0 Å². The van der Waals surface area contributed by atoms with Crippen LogP contribution in [0.2, 0.25) is 0 Å². The summed E-state index contributed by atoms with van der Waals surface area (Å²) in [6.45, 7) is 0.410. The molecule has 2 rings (SSSR count). The minimum absolute atomic E-state index is 0.136. The molecule has 0 unspecified atom stereocenters. The van der Waals surface area contributed by atoms with Gasteiger partial charge in [-0.1, -0.05) is 12.1 Å². The zero-order valence-electron chi connectivity index (χ0n) is 6.77. The van der Waals surface area contributed by atoms with Crippen molar-refractivity contribution < 1.29 is 9.66 Å². The Morgan fingerprint density at radius 1 is 1.46 bits per heavy atom. The maximum Gasteiger partial charge on any atom is 0.277 e. The molecule has 1 aromatic rings. The highest BCUT2D eigenvalue weighted by Crippen LogP contribution is 2.26. The standard InChI is InChI=1S/C9H7NO3/c11-10(12)9-3-1-2-7-6-13-5-4-8(7)9/h1-5H,6H2. The summed E-state index contributed by atoms with van der Waals surface area (Å²) in [5.74, 6) is 0. The van der Waals surface area contributed by atoms with Crippen LogP contribution in [0.5, 0.6) is 0 Å². The molecule has 1 aliphatic heterocycles. The summed E-state index contributed by atoms with van der Waals surface area (Å²) < 4.78 is 5.03. The van der Waals surface area contributed by atoms with Crippen molar-refractivity contribution in [3.8, 4) is 0 Å². The number of nitro groups is 1. The number of nitro benzene ring substituents is 1. The van der Waals surface area contributed by atoms with Gasteiger partial charge in [-0.3, -0.25) is 10.1 Å². The third-order valence-electron chi connectivity index (χ3n) is 1.94. The third kappa shape index (κ3) is 1.26. The Hall–Kier alpha value is -1.84. The predicted octanol–water partition coefficient (Wildman–Crippen LogP) is 2.10. The first-order valence-electron chi connectivity index (χ1n) is 3.83. The highest BCUT2D eigenvalue weighted by atomic mass is 16.6. The fraction of sp³-hybridized carbons (Fsp3) is 0.111. The van der Waals surface area contributed by atoms with Crippen LogP contribution in [0.1, 0.15) is 11.1 Å². The van der Waals surface area contributed by atoms with Gasteiger partial charge in [0, 0.05) is 11.6 Å². The average Bonchev–Trinajstić information content (AvgIpc) is 2.17. The van der Waals surface area contributed by atoms with Gasteiger partial charge in [-0.25, -0.2) is 0 Å². The molecule has 0 N–H and O–H groups in total. The largest absolute Gasteiger partial charge is 0.496 e. The Morgan fingerprint density at radius 3 is 3.08 bits per heavy atom. The van der Waals surface area contributed by atoms with E-state index in [1.807, 2.05) is 6.07 Å². The lowest BCUT2D eigenvalue weighted by atomic mass is 10.1. The summed E-state index contributed by atoms with van der Waals surface area (Å²) in [7, 11) is 0. The average molecular weight is 177 g/mol. The van der Waals surface area contributed by atoms with Crippen molar-refractivity contribution in [1.82, 2.24) is 0 Å². The third-order valence-corrected chi connectivity index (χ3v) is 1.94. The van der Waals surface area contributed by atoms with Crippen LogP contribution in [0.25, 0.3) is 6.08 Å². The highest BCUT2D eigenvalue weighted by molar-refractivity contribution is 5.64. The van der Waals surface area contributed by atoms with E-state index in [-0.39, 0.29) is 10.6 Å². The van der Waals surface area contributed by atoms with Gasteiger partial charge in [0.05, 0.1) is 16.7 Å². The second kappa shape index (κ2) is 2.90. The molecule has 0 radical (unpaired) electrons. The molecule has 66 valence electrons. The molecule has 13 heavy (non-hydrogen) atoms. The van der Waals surface area contributed by atoms with Crippen LogP contribution in [-0.2, 0) is 11.3 Å². The zero-order chi connectivity index (χ0) is 9.26. The Kier molecular flexibility index (Phi) is 1.73. The fourth-order valence-corrected chi connectivity index (χ4v) is 1.33. The molecule has 0 aliphatic carbocycles. The molecule has 0 saturated carbocycles. The molecule has 0 amide bonds. The zero-order valence-corrected chi connectivity index (χ0v) is 6.77. The van der Waals surface area contributed by atoms with E-state index in [0.717, 1.165) is 5.56 Å². The van der Waals surface area contributed by atoms with Crippen LogP contribution in [0.4, 0.5) is 5.69 Å². The predicted molar refractivity (Wildman–Crippen MR) is 46.9 cm³/mol. The van der Waals surface area contributed by atoms with Crippen LogP contribution in [0.15, 0.2) is 24.5 Å². The summed E-state index contributed by atoms with van der Waals surface area (Å²) in [5, 5.41) is 10.6. The van der Waals surface area contributed by atoms with Crippen LogP contribution in [-0.4, -0.2) is 4.92 Å². The van der Waals surface area contributed by atoms with E-state index >= 15 is 0 Å². The molecule has 0 bridgehead atoms. The number of hydrogen-bond acceptors (Lipinski definition) is 3. The van der Waals surface area contributed by atoms with Crippen LogP contribution in [0, 0.1) is 10.1 Å². The summed E-state index contributed by atoms with van der Waals surface area (Å²) >= 11 is 0. The van der Waals surface area contributed by atoms with E-state index < -0.39 is 0 Å². The fourth-order valence-electron chi connectivity index (χ4n) is 1.33. The number of fused-ring (bicyclic) bond motifs is 1. The van der Waals surface area contributed by atoms with Crippen molar-refractivity contribution in [3.05, 3.63) is 45.7 Å². The maximum atomic E-state index is 10.6. The van der Waals surface area contributed by atoms with Crippen molar-refractivity contribution in [2.45, 2.75) is 6.61 Å².